The fraction of sp³-hybridized carbons (Fsp3) is 0.400. The minimum Gasteiger partial charge on any atom is -0.351 e. The maximum atomic E-state index is 12.1. The first-order valence-corrected chi connectivity index (χ1v) is 7.55. The van der Waals surface area contributed by atoms with Crippen molar-refractivity contribution < 1.29 is 4.79 Å². The van der Waals surface area contributed by atoms with Crippen LogP contribution in [0.2, 0.25) is 0 Å². The fourth-order valence-electron chi connectivity index (χ4n) is 1.81. The molecule has 0 saturated heterocycles. The number of carbonyl (C=O) groups excluding carboxylic acids is 1. The van der Waals surface area contributed by atoms with Gasteiger partial charge in [0, 0.05) is 30.8 Å². The van der Waals surface area contributed by atoms with Crippen LogP contribution in [0.4, 0.5) is 0 Å². The van der Waals surface area contributed by atoms with Crippen molar-refractivity contribution in [3.63, 3.8) is 0 Å². The summed E-state index contributed by atoms with van der Waals surface area (Å²) in [6.07, 6.45) is 2.50. The smallest absolute Gasteiger partial charge is 0.263 e. The number of pyridine rings is 1. The predicted molar refractivity (Wildman–Crippen MR) is 81.2 cm³/mol. The van der Waals surface area contributed by atoms with E-state index in [-0.39, 0.29) is 5.91 Å². The SMILES string of the molecule is Cc1nc(C(C)C)sc1C(=O)NCCc1ccccn1. The third-order valence-corrected chi connectivity index (χ3v) is 4.36. The molecule has 0 atom stereocenters. The van der Waals surface area contributed by atoms with Crippen molar-refractivity contribution in [2.45, 2.75) is 33.1 Å². The number of amides is 1. The highest BCUT2D eigenvalue weighted by atomic mass is 32.1. The Hall–Kier alpha value is -1.75. The highest BCUT2D eigenvalue weighted by Gasteiger charge is 2.16. The second-order valence-electron chi connectivity index (χ2n) is 4.95. The summed E-state index contributed by atoms with van der Waals surface area (Å²) in [4.78, 5) is 21.5. The van der Waals surface area contributed by atoms with E-state index in [1.54, 1.807) is 6.20 Å². The highest BCUT2D eigenvalue weighted by Crippen LogP contribution is 2.24. The summed E-state index contributed by atoms with van der Waals surface area (Å²) in [6.45, 7) is 6.64. The van der Waals surface area contributed by atoms with Crippen LogP contribution in [0.3, 0.4) is 0 Å². The Balaban J connectivity index is 1.92. The number of aryl methyl sites for hydroxylation is 1. The van der Waals surface area contributed by atoms with Gasteiger partial charge in [0.25, 0.3) is 5.91 Å². The van der Waals surface area contributed by atoms with Gasteiger partial charge >= 0.3 is 0 Å². The van der Waals surface area contributed by atoms with Gasteiger partial charge in [-0.25, -0.2) is 4.98 Å². The lowest BCUT2D eigenvalue weighted by atomic mass is 10.2. The molecule has 0 unspecified atom stereocenters. The zero-order valence-corrected chi connectivity index (χ0v) is 12.8. The zero-order valence-electron chi connectivity index (χ0n) is 12.0. The molecule has 0 bridgehead atoms. The quantitative estimate of drug-likeness (QED) is 0.920. The van der Waals surface area contributed by atoms with E-state index in [0.29, 0.717) is 12.5 Å². The van der Waals surface area contributed by atoms with Gasteiger partial charge in [-0.2, -0.15) is 0 Å². The van der Waals surface area contributed by atoms with Gasteiger partial charge in [0.05, 0.1) is 10.7 Å². The molecule has 0 aliphatic heterocycles. The van der Waals surface area contributed by atoms with Gasteiger partial charge < -0.3 is 5.32 Å². The van der Waals surface area contributed by atoms with Gasteiger partial charge in [-0.05, 0) is 19.1 Å². The Morgan fingerprint density at radius 2 is 2.20 bits per heavy atom. The molecule has 4 nitrogen and oxygen atoms in total. The molecule has 2 aromatic rings. The molecule has 0 saturated carbocycles. The molecule has 2 aromatic heterocycles. The second kappa shape index (κ2) is 6.61. The average molecular weight is 289 g/mol. The lowest BCUT2D eigenvalue weighted by molar-refractivity contribution is 0.0957. The topological polar surface area (TPSA) is 54.9 Å². The maximum absolute atomic E-state index is 12.1. The lowest BCUT2D eigenvalue weighted by Gasteiger charge is -2.03. The van der Waals surface area contributed by atoms with Gasteiger partial charge in [-0.3, -0.25) is 9.78 Å². The molecule has 0 aromatic carbocycles. The number of hydrogen-bond acceptors (Lipinski definition) is 4. The lowest BCUT2D eigenvalue weighted by Crippen LogP contribution is -2.25. The molecule has 1 amide bonds. The highest BCUT2D eigenvalue weighted by molar-refractivity contribution is 7.13. The molecule has 2 rings (SSSR count). The molecule has 0 radical (unpaired) electrons. The number of rotatable bonds is 5. The van der Waals surface area contributed by atoms with Gasteiger partial charge in [0.2, 0.25) is 0 Å². The molecule has 1 N–H and O–H groups in total. The number of nitrogens with one attached hydrogen (secondary N) is 1. The van der Waals surface area contributed by atoms with E-state index in [9.17, 15) is 4.79 Å². The molecule has 106 valence electrons. The van der Waals surface area contributed by atoms with Crippen molar-refractivity contribution in [2.75, 3.05) is 6.54 Å². The number of thiazole rings is 1. The van der Waals surface area contributed by atoms with Gasteiger partial charge in [-0.1, -0.05) is 19.9 Å². The number of hydrogen-bond donors (Lipinski definition) is 1. The summed E-state index contributed by atoms with van der Waals surface area (Å²) < 4.78 is 0. The first-order chi connectivity index (χ1) is 9.58. The summed E-state index contributed by atoms with van der Waals surface area (Å²) in [5, 5.41) is 3.94. The maximum Gasteiger partial charge on any atom is 0.263 e. The van der Waals surface area contributed by atoms with Crippen molar-refractivity contribution in [3.05, 3.63) is 45.7 Å². The van der Waals surface area contributed by atoms with Crippen LogP contribution in [0, 0.1) is 6.92 Å². The van der Waals surface area contributed by atoms with E-state index >= 15 is 0 Å². The van der Waals surface area contributed by atoms with Crippen LogP contribution in [0.1, 0.15) is 45.8 Å². The average Bonchev–Trinajstić information content (AvgIpc) is 2.82. The van der Waals surface area contributed by atoms with Crippen molar-refractivity contribution in [2.24, 2.45) is 0 Å². The van der Waals surface area contributed by atoms with Crippen molar-refractivity contribution >= 4 is 17.2 Å². The molecule has 0 aliphatic carbocycles. The largest absolute Gasteiger partial charge is 0.351 e. The van der Waals surface area contributed by atoms with Gasteiger partial charge in [0.1, 0.15) is 4.88 Å². The number of carbonyl (C=O) groups is 1. The standard InChI is InChI=1S/C15H19N3OS/c1-10(2)15-18-11(3)13(20-15)14(19)17-9-7-12-6-4-5-8-16-12/h4-6,8,10H,7,9H2,1-3H3,(H,17,19). The van der Waals surface area contributed by atoms with Crippen LogP contribution in [-0.2, 0) is 6.42 Å². The summed E-state index contributed by atoms with van der Waals surface area (Å²) >= 11 is 1.48. The van der Waals surface area contributed by atoms with Crippen LogP contribution >= 0.6 is 11.3 Å². The molecule has 0 spiro atoms. The molecule has 0 fully saturated rings. The summed E-state index contributed by atoms with van der Waals surface area (Å²) in [5.41, 5.74) is 1.80. The summed E-state index contributed by atoms with van der Waals surface area (Å²) in [7, 11) is 0. The van der Waals surface area contributed by atoms with Crippen LogP contribution in [0.5, 0.6) is 0 Å². The van der Waals surface area contributed by atoms with E-state index in [1.807, 2.05) is 25.1 Å². The Morgan fingerprint density at radius 3 is 2.80 bits per heavy atom. The molecule has 20 heavy (non-hydrogen) atoms. The molecular formula is C15H19N3OS. The Labute approximate surface area is 123 Å². The van der Waals surface area contributed by atoms with Crippen LogP contribution in [-0.4, -0.2) is 22.4 Å². The van der Waals surface area contributed by atoms with Crippen LogP contribution in [0.25, 0.3) is 0 Å². The first-order valence-electron chi connectivity index (χ1n) is 6.73. The van der Waals surface area contributed by atoms with Crippen molar-refractivity contribution in [1.82, 2.24) is 15.3 Å². The Kier molecular flexibility index (Phi) is 4.84. The zero-order chi connectivity index (χ0) is 14.5. The van der Waals surface area contributed by atoms with E-state index in [4.69, 9.17) is 0 Å². The number of aromatic nitrogens is 2. The van der Waals surface area contributed by atoms with E-state index in [1.165, 1.54) is 11.3 Å². The summed E-state index contributed by atoms with van der Waals surface area (Å²) in [5.74, 6) is 0.316. The molecular weight excluding hydrogens is 270 g/mol. The van der Waals surface area contributed by atoms with E-state index in [0.717, 1.165) is 27.7 Å². The monoisotopic (exact) mass is 289 g/mol. The van der Waals surface area contributed by atoms with Crippen LogP contribution in [0.15, 0.2) is 24.4 Å². The van der Waals surface area contributed by atoms with Crippen molar-refractivity contribution in [1.29, 1.82) is 0 Å². The number of nitrogens with zero attached hydrogens (tertiary/aromatic N) is 2. The minimum atomic E-state index is -0.0390. The summed E-state index contributed by atoms with van der Waals surface area (Å²) in [6, 6.07) is 5.80. The van der Waals surface area contributed by atoms with E-state index < -0.39 is 0 Å². The van der Waals surface area contributed by atoms with E-state index in [2.05, 4.69) is 29.1 Å². The normalized spacial score (nSPS) is 10.8. The molecule has 0 aliphatic rings. The Bertz CT molecular complexity index is 578. The first kappa shape index (κ1) is 14.7. The molecule has 2 heterocycles. The molecule has 5 heteroatoms. The van der Waals surface area contributed by atoms with Crippen molar-refractivity contribution in [3.8, 4) is 0 Å². The van der Waals surface area contributed by atoms with Gasteiger partial charge in [0.15, 0.2) is 0 Å². The minimum absolute atomic E-state index is 0.0390. The predicted octanol–water partition coefficient (Wildman–Crippen LogP) is 2.94. The fourth-order valence-corrected chi connectivity index (χ4v) is 2.79. The van der Waals surface area contributed by atoms with Gasteiger partial charge in [-0.15, -0.1) is 11.3 Å². The third-order valence-electron chi connectivity index (χ3n) is 2.91. The van der Waals surface area contributed by atoms with Crippen LogP contribution < -0.4 is 5.32 Å². The third kappa shape index (κ3) is 3.63. The Morgan fingerprint density at radius 1 is 1.40 bits per heavy atom. The second-order valence-corrected chi connectivity index (χ2v) is 5.98.